The van der Waals surface area contributed by atoms with Crippen LogP contribution >= 0.6 is 0 Å². The molecule has 1 N–H and O–H groups in total. The standard InChI is InChI=1S/C21H30N4O/c1-16-11-17(2)21(25-9-4-7-22-25)18(12-16)13-24-15-19-5-3-8-23(19)14-20(24)6-10-26/h4,7,9,11-12,19-20,26H,3,5-6,8,10,13-15H2,1-2H3/t19?,20-/m0/s1. The van der Waals surface area contributed by atoms with Crippen LogP contribution in [0.3, 0.4) is 0 Å². The lowest BCUT2D eigenvalue weighted by atomic mass is 10.00. The zero-order valence-corrected chi connectivity index (χ0v) is 15.9. The highest BCUT2D eigenvalue weighted by Gasteiger charge is 2.36. The molecular formula is C21H30N4O. The normalized spacial score (nSPS) is 24.1. The second-order valence-electron chi connectivity index (χ2n) is 7.93. The molecule has 0 radical (unpaired) electrons. The zero-order valence-electron chi connectivity index (χ0n) is 15.9. The minimum atomic E-state index is 0.262. The fourth-order valence-corrected chi connectivity index (χ4v) is 4.88. The second-order valence-corrected chi connectivity index (χ2v) is 7.93. The highest BCUT2D eigenvalue weighted by Crippen LogP contribution is 2.29. The van der Waals surface area contributed by atoms with Gasteiger partial charge in [-0.15, -0.1) is 0 Å². The van der Waals surface area contributed by atoms with E-state index in [0.29, 0.717) is 12.1 Å². The third-order valence-corrected chi connectivity index (χ3v) is 6.00. The van der Waals surface area contributed by atoms with E-state index in [0.717, 1.165) is 26.1 Å². The van der Waals surface area contributed by atoms with Crippen molar-refractivity contribution in [3.8, 4) is 5.69 Å². The highest BCUT2D eigenvalue weighted by atomic mass is 16.3. The predicted octanol–water partition coefficient (Wildman–Crippen LogP) is 2.52. The van der Waals surface area contributed by atoms with Crippen molar-refractivity contribution in [2.75, 3.05) is 26.2 Å². The van der Waals surface area contributed by atoms with E-state index in [2.05, 4.69) is 40.9 Å². The molecule has 1 unspecified atom stereocenters. The molecule has 0 saturated carbocycles. The lowest BCUT2D eigenvalue weighted by Crippen LogP contribution is -2.55. The second kappa shape index (κ2) is 7.51. The van der Waals surface area contributed by atoms with Gasteiger partial charge in [-0.25, -0.2) is 4.68 Å². The summed E-state index contributed by atoms with van der Waals surface area (Å²) >= 11 is 0. The number of nitrogens with zero attached hydrogens (tertiary/aromatic N) is 4. The molecule has 2 fully saturated rings. The van der Waals surface area contributed by atoms with Crippen molar-refractivity contribution in [1.29, 1.82) is 0 Å². The lowest BCUT2D eigenvalue weighted by molar-refractivity contribution is 0.0333. The molecule has 2 atom stereocenters. The van der Waals surface area contributed by atoms with Crippen LogP contribution in [-0.4, -0.2) is 63.0 Å². The van der Waals surface area contributed by atoms with E-state index in [-0.39, 0.29) is 6.61 Å². The lowest BCUT2D eigenvalue weighted by Gasteiger charge is -2.44. The molecule has 0 aliphatic carbocycles. The SMILES string of the molecule is Cc1cc(C)c(-n2cccn2)c(CN2CC3CCCN3C[C@@H]2CCO)c1. The van der Waals surface area contributed by atoms with Gasteiger partial charge in [0.05, 0.1) is 5.69 Å². The van der Waals surface area contributed by atoms with Gasteiger partial charge in [0.1, 0.15) is 0 Å². The third kappa shape index (κ3) is 3.43. The molecule has 2 saturated heterocycles. The van der Waals surface area contributed by atoms with E-state index in [1.54, 1.807) is 0 Å². The highest BCUT2D eigenvalue weighted by molar-refractivity contribution is 5.49. The van der Waals surface area contributed by atoms with Crippen LogP contribution in [0, 0.1) is 13.8 Å². The number of fused-ring (bicyclic) bond motifs is 1. The van der Waals surface area contributed by atoms with E-state index in [9.17, 15) is 5.11 Å². The summed E-state index contributed by atoms with van der Waals surface area (Å²) in [6.45, 7) is 8.95. The van der Waals surface area contributed by atoms with Crippen molar-refractivity contribution in [1.82, 2.24) is 19.6 Å². The van der Waals surface area contributed by atoms with E-state index < -0.39 is 0 Å². The first-order valence-electron chi connectivity index (χ1n) is 9.85. The van der Waals surface area contributed by atoms with E-state index in [4.69, 9.17) is 0 Å². The molecule has 140 valence electrons. The van der Waals surface area contributed by atoms with E-state index >= 15 is 0 Å². The Bertz CT molecular complexity index is 743. The summed E-state index contributed by atoms with van der Waals surface area (Å²) < 4.78 is 2.00. The summed E-state index contributed by atoms with van der Waals surface area (Å²) in [6.07, 6.45) is 7.34. The molecule has 3 heterocycles. The summed E-state index contributed by atoms with van der Waals surface area (Å²) in [5.74, 6) is 0. The first-order chi connectivity index (χ1) is 12.7. The molecule has 0 amide bonds. The minimum Gasteiger partial charge on any atom is -0.396 e. The Morgan fingerprint density at radius 1 is 1.23 bits per heavy atom. The van der Waals surface area contributed by atoms with Crippen molar-refractivity contribution >= 4 is 0 Å². The van der Waals surface area contributed by atoms with Crippen molar-refractivity contribution in [2.24, 2.45) is 0 Å². The Labute approximate surface area is 156 Å². The quantitative estimate of drug-likeness (QED) is 0.896. The molecule has 1 aromatic carbocycles. The van der Waals surface area contributed by atoms with Crippen molar-refractivity contribution < 1.29 is 5.11 Å². The molecule has 4 rings (SSSR count). The zero-order chi connectivity index (χ0) is 18.1. The van der Waals surface area contributed by atoms with Crippen LogP contribution in [0.1, 0.15) is 36.0 Å². The fourth-order valence-electron chi connectivity index (χ4n) is 4.88. The maximum atomic E-state index is 9.58. The molecular weight excluding hydrogens is 324 g/mol. The van der Waals surface area contributed by atoms with Gasteiger partial charge >= 0.3 is 0 Å². The van der Waals surface area contributed by atoms with Crippen LogP contribution in [0.5, 0.6) is 0 Å². The molecule has 2 aliphatic rings. The fraction of sp³-hybridized carbons (Fsp3) is 0.571. The van der Waals surface area contributed by atoms with E-state index in [1.807, 2.05) is 23.1 Å². The number of hydrogen-bond acceptors (Lipinski definition) is 4. The molecule has 2 aliphatic heterocycles. The van der Waals surface area contributed by atoms with Crippen LogP contribution in [0.25, 0.3) is 5.69 Å². The summed E-state index contributed by atoms with van der Waals surface area (Å²) in [5.41, 5.74) is 5.10. The Kier molecular flexibility index (Phi) is 5.11. The van der Waals surface area contributed by atoms with Gasteiger partial charge in [0.25, 0.3) is 0 Å². The number of aryl methyl sites for hydroxylation is 2. The monoisotopic (exact) mass is 354 g/mol. The Morgan fingerprint density at radius 2 is 2.12 bits per heavy atom. The van der Waals surface area contributed by atoms with Crippen LogP contribution in [0.2, 0.25) is 0 Å². The average molecular weight is 354 g/mol. The summed E-state index contributed by atoms with van der Waals surface area (Å²) in [4.78, 5) is 5.23. The molecule has 5 heteroatoms. The van der Waals surface area contributed by atoms with Gasteiger partial charge in [-0.3, -0.25) is 9.80 Å². The number of aliphatic hydroxyl groups is 1. The molecule has 1 aromatic heterocycles. The molecule has 0 bridgehead atoms. The molecule has 26 heavy (non-hydrogen) atoms. The van der Waals surface area contributed by atoms with Gasteiger partial charge < -0.3 is 5.11 Å². The maximum Gasteiger partial charge on any atom is 0.0719 e. The van der Waals surface area contributed by atoms with Crippen molar-refractivity contribution in [2.45, 2.75) is 51.7 Å². The van der Waals surface area contributed by atoms with Gasteiger partial charge in [0, 0.05) is 50.7 Å². The van der Waals surface area contributed by atoms with Crippen molar-refractivity contribution in [3.63, 3.8) is 0 Å². The number of aliphatic hydroxyl groups excluding tert-OH is 1. The number of benzene rings is 1. The number of hydrogen-bond donors (Lipinski definition) is 1. The maximum absolute atomic E-state index is 9.58. The smallest absolute Gasteiger partial charge is 0.0719 e. The number of aromatic nitrogens is 2. The number of piperazine rings is 1. The molecule has 0 spiro atoms. The van der Waals surface area contributed by atoms with E-state index in [1.165, 1.54) is 41.8 Å². The predicted molar refractivity (Wildman–Crippen MR) is 104 cm³/mol. The van der Waals surface area contributed by atoms with Crippen LogP contribution in [-0.2, 0) is 6.54 Å². The summed E-state index contributed by atoms with van der Waals surface area (Å²) in [7, 11) is 0. The Hall–Kier alpha value is -1.69. The van der Waals surface area contributed by atoms with Gasteiger partial charge in [-0.05, 0) is 56.8 Å². The largest absolute Gasteiger partial charge is 0.396 e. The van der Waals surface area contributed by atoms with Crippen LogP contribution in [0.4, 0.5) is 0 Å². The average Bonchev–Trinajstić information content (AvgIpc) is 3.26. The van der Waals surface area contributed by atoms with Crippen LogP contribution in [0.15, 0.2) is 30.6 Å². The van der Waals surface area contributed by atoms with Crippen molar-refractivity contribution in [3.05, 3.63) is 47.3 Å². The number of rotatable bonds is 5. The van der Waals surface area contributed by atoms with Gasteiger partial charge in [-0.2, -0.15) is 5.10 Å². The first kappa shape index (κ1) is 17.7. The van der Waals surface area contributed by atoms with Gasteiger partial charge in [0.15, 0.2) is 0 Å². The first-order valence-corrected chi connectivity index (χ1v) is 9.85. The topological polar surface area (TPSA) is 44.5 Å². The summed E-state index contributed by atoms with van der Waals surface area (Å²) in [6, 6.07) is 7.64. The Balaban J connectivity index is 1.65. The Morgan fingerprint density at radius 3 is 2.88 bits per heavy atom. The molecule has 5 nitrogen and oxygen atoms in total. The molecule has 2 aromatic rings. The van der Waals surface area contributed by atoms with Gasteiger partial charge in [-0.1, -0.05) is 17.7 Å². The summed E-state index contributed by atoms with van der Waals surface area (Å²) in [5, 5.41) is 14.1. The third-order valence-electron chi connectivity index (χ3n) is 6.00. The minimum absolute atomic E-state index is 0.262. The van der Waals surface area contributed by atoms with Crippen LogP contribution < -0.4 is 0 Å². The van der Waals surface area contributed by atoms with Gasteiger partial charge in [0.2, 0.25) is 0 Å².